The number of unbranched alkanes of at least 4 members (excludes halogenated alkanes) is 1. The average molecular weight is 383 g/mol. The highest BCUT2D eigenvalue weighted by Gasteiger charge is 2.23. The molecule has 1 saturated carbocycles. The normalized spacial score (nSPS) is 14.8. The molecule has 1 aliphatic carbocycles. The number of imidazole rings is 1. The molecule has 7 nitrogen and oxygen atoms in total. The lowest BCUT2D eigenvalue weighted by molar-refractivity contribution is -0.118. The minimum Gasteiger partial charge on any atom is -0.353 e. The lowest BCUT2D eigenvalue weighted by Crippen LogP contribution is -2.27. The molecule has 0 unspecified atom stereocenters. The third kappa shape index (κ3) is 4.53. The van der Waals surface area contributed by atoms with Crippen molar-refractivity contribution in [2.45, 2.75) is 55.2 Å². The molecule has 2 aromatic rings. The molecule has 25 heavy (non-hydrogen) atoms. The minimum absolute atomic E-state index is 0.00632. The second-order valence-electron chi connectivity index (χ2n) is 6.23. The van der Waals surface area contributed by atoms with Crippen LogP contribution in [-0.4, -0.2) is 35.7 Å². The summed E-state index contributed by atoms with van der Waals surface area (Å²) in [5, 5.41) is 8.88. The Hall–Kier alpha value is -1.58. The number of nitrogens with two attached hydrogens (primary N) is 1. The van der Waals surface area contributed by atoms with Gasteiger partial charge in [0.1, 0.15) is 0 Å². The number of nitrogens with one attached hydrogen (secondary N) is 1. The van der Waals surface area contributed by atoms with Gasteiger partial charge >= 0.3 is 0 Å². The summed E-state index contributed by atoms with van der Waals surface area (Å²) in [5.74, 6) is 0.306. The second-order valence-corrected chi connectivity index (χ2v) is 8.73. The number of benzene rings is 1. The summed E-state index contributed by atoms with van der Waals surface area (Å²) >= 11 is 1.37. The largest absolute Gasteiger partial charge is 0.353 e. The zero-order chi connectivity index (χ0) is 18.0. The lowest BCUT2D eigenvalue weighted by Gasteiger charge is -2.08. The third-order valence-electron chi connectivity index (χ3n) is 4.02. The predicted molar refractivity (Wildman–Crippen MR) is 97.9 cm³/mol. The molecule has 9 heteroatoms. The van der Waals surface area contributed by atoms with Gasteiger partial charge in [-0.25, -0.2) is 18.5 Å². The minimum atomic E-state index is -3.77. The molecule has 136 valence electrons. The molecule has 1 aromatic carbocycles. The van der Waals surface area contributed by atoms with Gasteiger partial charge in [-0.1, -0.05) is 25.1 Å². The maximum absolute atomic E-state index is 11.9. The van der Waals surface area contributed by atoms with Crippen LogP contribution in [0.15, 0.2) is 28.3 Å². The Morgan fingerprint density at radius 2 is 2.20 bits per heavy atom. The van der Waals surface area contributed by atoms with E-state index in [1.165, 1.54) is 23.9 Å². The Balaban J connectivity index is 1.87. The number of sulfonamides is 1. The molecule has 0 bridgehead atoms. The van der Waals surface area contributed by atoms with E-state index in [-0.39, 0.29) is 10.8 Å². The predicted octanol–water partition coefficient (Wildman–Crippen LogP) is 1.85. The van der Waals surface area contributed by atoms with Crippen LogP contribution in [-0.2, 0) is 21.4 Å². The fourth-order valence-electron chi connectivity index (χ4n) is 2.53. The molecule has 3 N–H and O–H groups in total. The van der Waals surface area contributed by atoms with Crippen molar-refractivity contribution >= 4 is 38.7 Å². The summed E-state index contributed by atoms with van der Waals surface area (Å²) in [6, 6.07) is 5.05. The van der Waals surface area contributed by atoms with Crippen LogP contribution in [0.25, 0.3) is 11.0 Å². The summed E-state index contributed by atoms with van der Waals surface area (Å²) in [7, 11) is -3.77. The van der Waals surface area contributed by atoms with Crippen LogP contribution < -0.4 is 10.5 Å². The number of amides is 1. The topological polar surface area (TPSA) is 107 Å². The summed E-state index contributed by atoms with van der Waals surface area (Å²) in [6.07, 6.45) is 4.12. The number of fused-ring (bicyclic) bond motifs is 1. The van der Waals surface area contributed by atoms with E-state index in [2.05, 4.69) is 17.2 Å². The molecule has 1 heterocycles. The van der Waals surface area contributed by atoms with Crippen LogP contribution in [0.5, 0.6) is 0 Å². The molecular weight excluding hydrogens is 360 g/mol. The first-order valence-corrected chi connectivity index (χ1v) is 10.9. The van der Waals surface area contributed by atoms with Crippen LogP contribution in [0.4, 0.5) is 0 Å². The highest BCUT2D eigenvalue weighted by atomic mass is 32.2. The van der Waals surface area contributed by atoms with Gasteiger partial charge in [0.2, 0.25) is 15.9 Å². The van der Waals surface area contributed by atoms with E-state index in [0.29, 0.717) is 17.3 Å². The summed E-state index contributed by atoms with van der Waals surface area (Å²) in [4.78, 5) is 16.5. The van der Waals surface area contributed by atoms with Gasteiger partial charge in [0, 0.05) is 12.6 Å². The van der Waals surface area contributed by atoms with Gasteiger partial charge in [-0.2, -0.15) is 0 Å². The van der Waals surface area contributed by atoms with E-state index in [4.69, 9.17) is 5.14 Å². The Morgan fingerprint density at radius 3 is 2.84 bits per heavy atom. The number of aromatic nitrogens is 2. The van der Waals surface area contributed by atoms with E-state index in [1.807, 2.05) is 4.57 Å². The monoisotopic (exact) mass is 382 g/mol. The van der Waals surface area contributed by atoms with E-state index < -0.39 is 10.0 Å². The number of carbonyl (C=O) groups excluding carboxylic acids is 1. The van der Waals surface area contributed by atoms with Gasteiger partial charge in [0.25, 0.3) is 0 Å². The van der Waals surface area contributed by atoms with Crippen molar-refractivity contribution in [3.05, 3.63) is 18.2 Å². The van der Waals surface area contributed by atoms with Crippen molar-refractivity contribution in [1.82, 2.24) is 14.9 Å². The van der Waals surface area contributed by atoms with Crippen molar-refractivity contribution in [2.75, 3.05) is 5.75 Å². The van der Waals surface area contributed by atoms with Crippen molar-refractivity contribution in [3.8, 4) is 0 Å². The molecule has 0 radical (unpaired) electrons. The number of primary sulfonamides is 1. The molecule has 0 saturated heterocycles. The van der Waals surface area contributed by atoms with E-state index in [1.54, 1.807) is 6.07 Å². The van der Waals surface area contributed by atoms with Gasteiger partial charge in [0.05, 0.1) is 21.7 Å². The van der Waals surface area contributed by atoms with E-state index >= 15 is 0 Å². The number of hydrogen-bond donors (Lipinski definition) is 2. The summed E-state index contributed by atoms with van der Waals surface area (Å²) in [5.41, 5.74) is 1.43. The number of aryl methyl sites for hydroxylation is 1. The van der Waals surface area contributed by atoms with E-state index in [9.17, 15) is 13.2 Å². The highest BCUT2D eigenvalue weighted by molar-refractivity contribution is 7.99. The molecule has 1 aliphatic rings. The Bertz CT molecular complexity index is 888. The van der Waals surface area contributed by atoms with Crippen LogP contribution >= 0.6 is 11.8 Å². The smallest absolute Gasteiger partial charge is 0.238 e. The molecule has 0 atom stereocenters. The maximum atomic E-state index is 11.9. The van der Waals surface area contributed by atoms with Gasteiger partial charge in [-0.3, -0.25) is 4.79 Å². The van der Waals surface area contributed by atoms with Gasteiger partial charge < -0.3 is 9.88 Å². The zero-order valence-electron chi connectivity index (χ0n) is 14.1. The Kier molecular flexibility index (Phi) is 5.35. The SMILES string of the molecule is CCCCn1c(SCC(=O)NC2CC2)nc2cc(S(N)(=O)=O)ccc21. The Labute approximate surface area is 151 Å². The molecular formula is C16H22N4O3S2. The fraction of sp³-hybridized carbons (Fsp3) is 0.500. The molecule has 0 aliphatic heterocycles. The molecule has 0 spiro atoms. The first-order valence-electron chi connectivity index (χ1n) is 8.33. The second kappa shape index (κ2) is 7.35. The summed E-state index contributed by atoms with van der Waals surface area (Å²) in [6.45, 7) is 2.88. The van der Waals surface area contributed by atoms with Crippen LogP contribution in [0.1, 0.15) is 32.6 Å². The fourth-order valence-corrected chi connectivity index (χ4v) is 3.92. The number of nitrogens with zero attached hydrogens (tertiary/aromatic N) is 2. The quantitative estimate of drug-likeness (QED) is 0.678. The van der Waals surface area contributed by atoms with Crippen molar-refractivity contribution < 1.29 is 13.2 Å². The molecule has 1 fully saturated rings. The zero-order valence-corrected chi connectivity index (χ0v) is 15.7. The lowest BCUT2D eigenvalue weighted by atomic mass is 10.3. The van der Waals surface area contributed by atoms with Gasteiger partial charge in [-0.05, 0) is 37.5 Å². The average Bonchev–Trinajstić information content (AvgIpc) is 3.29. The first-order chi connectivity index (χ1) is 11.9. The van der Waals surface area contributed by atoms with Gasteiger partial charge in [0.15, 0.2) is 5.16 Å². The summed E-state index contributed by atoms with van der Waals surface area (Å²) < 4.78 is 25.1. The van der Waals surface area contributed by atoms with Crippen LogP contribution in [0.2, 0.25) is 0 Å². The van der Waals surface area contributed by atoms with E-state index in [0.717, 1.165) is 42.9 Å². The third-order valence-corrected chi connectivity index (χ3v) is 5.91. The van der Waals surface area contributed by atoms with Crippen molar-refractivity contribution in [1.29, 1.82) is 0 Å². The number of carbonyl (C=O) groups is 1. The molecule has 1 amide bonds. The Morgan fingerprint density at radius 1 is 1.44 bits per heavy atom. The number of thioether (sulfide) groups is 1. The highest BCUT2D eigenvalue weighted by Crippen LogP contribution is 2.27. The maximum Gasteiger partial charge on any atom is 0.238 e. The molecule has 3 rings (SSSR count). The van der Waals surface area contributed by atoms with Crippen molar-refractivity contribution in [3.63, 3.8) is 0 Å². The molecule has 1 aromatic heterocycles. The number of rotatable bonds is 8. The first kappa shape index (κ1) is 18.2. The van der Waals surface area contributed by atoms with Crippen LogP contribution in [0.3, 0.4) is 0 Å². The van der Waals surface area contributed by atoms with Crippen LogP contribution in [0, 0.1) is 0 Å². The van der Waals surface area contributed by atoms with Gasteiger partial charge in [-0.15, -0.1) is 0 Å². The standard InChI is InChI=1S/C16H22N4O3S2/c1-2-3-8-20-14-7-6-12(25(17,22)23)9-13(14)19-16(20)24-10-15(21)18-11-4-5-11/h6-7,9,11H,2-5,8,10H2,1H3,(H,18,21)(H2,17,22,23). The number of hydrogen-bond acceptors (Lipinski definition) is 5. The van der Waals surface area contributed by atoms with Crippen molar-refractivity contribution in [2.24, 2.45) is 5.14 Å².